The lowest BCUT2D eigenvalue weighted by Gasteiger charge is -2.49. The highest BCUT2D eigenvalue weighted by Gasteiger charge is 2.51. The van der Waals surface area contributed by atoms with E-state index in [9.17, 15) is 19.5 Å². The molecule has 298 valence electrons. The average Bonchev–Trinajstić information content (AvgIpc) is 3.91. The molecule has 0 bridgehead atoms. The van der Waals surface area contributed by atoms with Gasteiger partial charge in [0.1, 0.15) is 23.1 Å². The van der Waals surface area contributed by atoms with Gasteiger partial charge in [0.05, 0.1) is 13.2 Å². The maximum absolute atomic E-state index is 13.4. The molecule has 3 amide bonds. The number of aromatic hydroxyl groups is 1. The second kappa shape index (κ2) is 13.7. The first-order chi connectivity index (χ1) is 28.2. The third-order valence-electron chi connectivity index (χ3n) is 14.7. The van der Waals surface area contributed by atoms with Crippen LogP contribution in [0.5, 0.6) is 11.5 Å². The van der Waals surface area contributed by atoms with E-state index < -0.39 is 6.04 Å². The zero-order valence-corrected chi connectivity index (χ0v) is 32.8. The van der Waals surface area contributed by atoms with Crippen molar-refractivity contribution in [3.8, 4) is 11.5 Å². The number of piperidine rings is 2. The smallest absolute Gasteiger partial charge is 0.255 e. The molecule has 4 aromatic rings. The zero-order chi connectivity index (χ0) is 39.2. The lowest BCUT2D eigenvalue weighted by atomic mass is 9.69. The summed E-state index contributed by atoms with van der Waals surface area (Å²) in [6, 6.07) is 29.5. The van der Waals surface area contributed by atoms with Crippen molar-refractivity contribution in [2.75, 3.05) is 50.8 Å². The van der Waals surface area contributed by atoms with E-state index in [1.807, 2.05) is 18.2 Å². The summed E-state index contributed by atoms with van der Waals surface area (Å²) in [7, 11) is 0. The van der Waals surface area contributed by atoms with Gasteiger partial charge in [-0.25, -0.2) is 0 Å². The van der Waals surface area contributed by atoms with Crippen LogP contribution in [0.25, 0.3) is 0 Å². The maximum atomic E-state index is 13.4. The molecule has 0 radical (unpaired) electrons. The minimum atomic E-state index is -0.615. The van der Waals surface area contributed by atoms with E-state index in [1.54, 1.807) is 4.90 Å². The number of hydrogen-bond donors (Lipinski definition) is 2. The van der Waals surface area contributed by atoms with Gasteiger partial charge in [-0.3, -0.25) is 19.7 Å². The van der Waals surface area contributed by atoms with Gasteiger partial charge in [0.25, 0.3) is 5.91 Å². The Morgan fingerprint density at radius 1 is 0.845 bits per heavy atom. The van der Waals surface area contributed by atoms with Crippen molar-refractivity contribution >= 4 is 23.4 Å². The van der Waals surface area contributed by atoms with Gasteiger partial charge in [0.2, 0.25) is 11.8 Å². The molecule has 4 saturated heterocycles. The number of carbonyl (C=O) groups excluding carboxylic acids is 3. The Morgan fingerprint density at radius 3 is 2.45 bits per heavy atom. The number of phenolic OH excluding ortho intramolecular Hbond substituents is 1. The van der Waals surface area contributed by atoms with Crippen LogP contribution in [0.4, 0.5) is 5.69 Å². The van der Waals surface area contributed by atoms with Crippen LogP contribution in [0, 0.1) is 5.92 Å². The third-order valence-corrected chi connectivity index (χ3v) is 14.7. The number of aryl methyl sites for hydroxylation is 1. The summed E-state index contributed by atoms with van der Waals surface area (Å²) in [5.74, 6) is 1.48. The lowest BCUT2D eigenvalue weighted by molar-refractivity contribution is -0.136. The van der Waals surface area contributed by atoms with E-state index in [4.69, 9.17) is 9.47 Å². The Hall–Kier alpha value is -5.19. The summed E-state index contributed by atoms with van der Waals surface area (Å²) in [4.78, 5) is 44.4. The number of nitrogens with one attached hydrogen (secondary N) is 1. The average molecular weight is 779 g/mol. The van der Waals surface area contributed by atoms with Gasteiger partial charge >= 0.3 is 0 Å². The predicted molar refractivity (Wildman–Crippen MR) is 218 cm³/mol. The van der Waals surface area contributed by atoms with E-state index in [-0.39, 0.29) is 41.1 Å². The van der Waals surface area contributed by atoms with Crippen molar-refractivity contribution in [2.45, 2.75) is 80.4 Å². The largest absolute Gasteiger partial charge is 0.508 e. The van der Waals surface area contributed by atoms with Gasteiger partial charge in [-0.2, -0.15) is 0 Å². The van der Waals surface area contributed by atoms with Gasteiger partial charge in [-0.15, -0.1) is 0 Å². The highest BCUT2D eigenvalue weighted by Crippen LogP contribution is 2.50. The molecule has 11 rings (SSSR count). The van der Waals surface area contributed by atoms with Gasteiger partial charge in [-0.1, -0.05) is 48.5 Å². The Kier molecular flexibility index (Phi) is 8.49. The summed E-state index contributed by atoms with van der Waals surface area (Å²) in [6.07, 6.45) is 5.74. The second-order valence-corrected chi connectivity index (χ2v) is 18.2. The van der Waals surface area contributed by atoms with Crippen LogP contribution in [-0.2, 0) is 32.7 Å². The topological polar surface area (TPSA) is 112 Å². The van der Waals surface area contributed by atoms with Crippen LogP contribution >= 0.6 is 0 Å². The summed E-state index contributed by atoms with van der Waals surface area (Å²) >= 11 is 0. The fraction of sp³-hybridized carbons (Fsp3) is 0.438. The molecular formula is C48H50N4O6. The number of rotatable bonds is 6. The second-order valence-electron chi connectivity index (χ2n) is 18.2. The molecule has 10 nitrogen and oxygen atoms in total. The number of likely N-dealkylation sites (tertiary alicyclic amines) is 1. The lowest BCUT2D eigenvalue weighted by Crippen LogP contribution is -2.61. The molecule has 1 aliphatic carbocycles. The Labute approximate surface area is 339 Å². The van der Waals surface area contributed by atoms with Crippen LogP contribution < -0.4 is 15.0 Å². The van der Waals surface area contributed by atoms with Crippen LogP contribution in [0.1, 0.15) is 94.1 Å². The number of imide groups is 1. The van der Waals surface area contributed by atoms with E-state index in [0.29, 0.717) is 42.7 Å². The molecule has 0 saturated carbocycles. The van der Waals surface area contributed by atoms with E-state index in [2.05, 4.69) is 81.8 Å². The molecule has 58 heavy (non-hydrogen) atoms. The Bertz CT molecular complexity index is 2300. The maximum Gasteiger partial charge on any atom is 0.255 e. The molecule has 7 aliphatic rings. The number of ether oxygens (including phenoxy) is 2. The number of phenols is 1. The Morgan fingerprint density at radius 2 is 1.66 bits per heavy atom. The quantitative estimate of drug-likeness (QED) is 0.228. The highest BCUT2D eigenvalue weighted by atomic mass is 16.5. The predicted octanol–water partition coefficient (Wildman–Crippen LogP) is 6.04. The molecular weight excluding hydrogens is 729 g/mol. The zero-order valence-electron chi connectivity index (χ0n) is 32.8. The van der Waals surface area contributed by atoms with Gasteiger partial charge < -0.3 is 29.3 Å². The van der Waals surface area contributed by atoms with Gasteiger partial charge in [0, 0.05) is 60.7 Å². The van der Waals surface area contributed by atoms with Crippen LogP contribution in [0.2, 0.25) is 0 Å². The van der Waals surface area contributed by atoms with Crippen LogP contribution in [-0.4, -0.2) is 90.2 Å². The van der Waals surface area contributed by atoms with Gasteiger partial charge in [0.15, 0.2) is 0 Å². The number of anilines is 1. The van der Waals surface area contributed by atoms with Crippen molar-refractivity contribution in [2.24, 2.45) is 5.92 Å². The van der Waals surface area contributed by atoms with Crippen LogP contribution in [0.3, 0.4) is 0 Å². The normalized spacial score (nSPS) is 26.9. The highest BCUT2D eigenvalue weighted by molar-refractivity contribution is 6.05. The van der Waals surface area contributed by atoms with Crippen molar-refractivity contribution in [3.63, 3.8) is 0 Å². The van der Waals surface area contributed by atoms with Crippen molar-refractivity contribution < 1.29 is 29.0 Å². The van der Waals surface area contributed by atoms with Gasteiger partial charge in [-0.05, 0) is 128 Å². The summed E-state index contributed by atoms with van der Waals surface area (Å²) in [6.45, 7) is 6.73. The fourth-order valence-corrected chi connectivity index (χ4v) is 11.6. The fourth-order valence-electron chi connectivity index (χ4n) is 11.6. The van der Waals surface area contributed by atoms with E-state index >= 15 is 0 Å². The summed E-state index contributed by atoms with van der Waals surface area (Å²) in [5, 5.41) is 12.6. The molecule has 1 unspecified atom stereocenters. The summed E-state index contributed by atoms with van der Waals surface area (Å²) in [5.41, 5.74) is 9.16. The number of amides is 3. The third kappa shape index (κ3) is 6.01. The molecule has 2 N–H and O–H groups in total. The van der Waals surface area contributed by atoms with Crippen molar-refractivity contribution in [1.29, 1.82) is 0 Å². The first kappa shape index (κ1) is 35.9. The monoisotopic (exact) mass is 778 g/mol. The van der Waals surface area contributed by atoms with E-state index in [0.717, 1.165) is 82.7 Å². The van der Waals surface area contributed by atoms with Crippen molar-refractivity contribution in [1.82, 2.24) is 15.1 Å². The standard InChI is InChI=1S/C48H50N4O6/c53-36-11-13-38-33(20-36)8-12-37(31-4-2-1-3-5-31)44(38)32-6-9-35(10-7-32)51-27-48(28-51)23-30(26-58-48)24-50-18-16-47(17-19-50)29-57-42-22-39-34(21-40(42)47)25-52(46(39)56)41-14-15-43(54)49-45(41)55/h1-7,9-11,13,20-22,30,37,41,44,53H,8,12,14-19,23-29H2,(H,49,54,55)/t30-,37-,41?,44+/m1/s1. The van der Waals surface area contributed by atoms with E-state index in [1.165, 1.54) is 33.5 Å². The Balaban J connectivity index is 0.704. The minimum Gasteiger partial charge on any atom is -0.508 e. The first-order valence-corrected chi connectivity index (χ1v) is 21.3. The molecule has 10 heteroatoms. The van der Waals surface area contributed by atoms with Crippen LogP contribution in [0.15, 0.2) is 84.9 Å². The number of carbonyl (C=O) groups is 3. The molecule has 4 aromatic carbocycles. The number of fused-ring (bicyclic) bond motifs is 4. The molecule has 4 atom stereocenters. The van der Waals surface area contributed by atoms with Crippen molar-refractivity contribution in [3.05, 3.63) is 124 Å². The molecule has 6 heterocycles. The SMILES string of the molecule is O=C1CCC(N2Cc3cc4c(cc3C2=O)OCC42CCN(C[C@@H]3COC4(C3)CN(c3ccc([C@@H]5c6ccc(O)cc6CC[C@@H]5c5ccccc5)cc3)C4)CC2)C(=O)N1. The summed E-state index contributed by atoms with van der Waals surface area (Å²) < 4.78 is 12.9. The first-order valence-electron chi connectivity index (χ1n) is 21.3. The number of hydrogen-bond acceptors (Lipinski definition) is 8. The molecule has 2 spiro atoms. The number of benzene rings is 4. The molecule has 0 aromatic heterocycles. The number of nitrogens with zero attached hydrogens (tertiary/aromatic N) is 3. The minimum absolute atomic E-state index is 0.0603. The molecule has 6 aliphatic heterocycles. The molecule has 4 fully saturated rings.